The summed E-state index contributed by atoms with van der Waals surface area (Å²) in [6, 6.07) is 7.98. The van der Waals surface area contributed by atoms with Gasteiger partial charge in [-0.25, -0.2) is 0 Å². The Hall–Kier alpha value is -2.42. The molecule has 2 aromatic rings. The molecule has 2 amide bonds. The van der Waals surface area contributed by atoms with Gasteiger partial charge in [0.25, 0.3) is 11.8 Å². The van der Waals surface area contributed by atoms with Gasteiger partial charge in [-0.1, -0.05) is 33.6 Å². The van der Waals surface area contributed by atoms with E-state index in [1.54, 1.807) is 18.2 Å². The van der Waals surface area contributed by atoms with Crippen LogP contribution < -0.4 is 15.0 Å². The highest BCUT2D eigenvalue weighted by Crippen LogP contribution is 2.34. The van der Waals surface area contributed by atoms with Gasteiger partial charge in [-0.3, -0.25) is 19.8 Å². The molecule has 1 heterocycles. The zero-order chi connectivity index (χ0) is 20.6. The third-order valence-corrected chi connectivity index (χ3v) is 5.49. The molecule has 2 aromatic carbocycles. The molecule has 0 radical (unpaired) electrons. The predicted molar refractivity (Wildman–Crippen MR) is 115 cm³/mol. The van der Waals surface area contributed by atoms with E-state index in [0.717, 1.165) is 5.56 Å². The Balaban J connectivity index is 2.07. The lowest BCUT2D eigenvalue weighted by Gasteiger charge is -2.29. The van der Waals surface area contributed by atoms with Gasteiger partial charge >= 0.3 is 0 Å². The minimum Gasteiger partial charge on any atom is -0.504 e. The van der Waals surface area contributed by atoms with E-state index in [9.17, 15) is 14.7 Å². The van der Waals surface area contributed by atoms with Crippen LogP contribution in [0.4, 0.5) is 5.69 Å². The number of hydrogen-bond acceptors (Lipinski definition) is 5. The van der Waals surface area contributed by atoms with Crippen molar-refractivity contribution in [3.63, 3.8) is 0 Å². The quantitative estimate of drug-likeness (QED) is 0.394. The third-order valence-electron chi connectivity index (χ3n) is 4.11. The van der Waals surface area contributed by atoms with E-state index in [0.29, 0.717) is 20.7 Å². The van der Waals surface area contributed by atoms with Crippen LogP contribution in [-0.2, 0) is 9.59 Å². The lowest BCUT2D eigenvalue weighted by Crippen LogP contribution is -2.54. The average Bonchev–Trinajstić information content (AvgIpc) is 2.63. The zero-order valence-electron chi connectivity index (χ0n) is 14.7. The summed E-state index contributed by atoms with van der Waals surface area (Å²) in [5.74, 6) is -1.08. The number of aromatic hydroxyl groups is 1. The monoisotopic (exact) mass is 480 g/mol. The molecule has 28 heavy (non-hydrogen) atoms. The number of nitrogens with zero attached hydrogens (tertiary/aromatic N) is 1. The van der Waals surface area contributed by atoms with Gasteiger partial charge in [0.2, 0.25) is 0 Å². The van der Waals surface area contributed by atoms with Crippen LogP contribution in [0.3, 0.4) is 0 Å². The molecule has 0 unspecified atom stereocenters. The van der Waals surface area contributed by atoms with Crippen molar-refractivity contribution in [2.24, 2.45) is 0 Å². The van der Waals surface area contributed by atoms with Crippen LogP contribution in [-0.4, -0.2) is 29.1 Å². The van der Waals surface area contributed by atoms with E-state index in [1.807, 2.05) is 6.92 Å². The summed E-state index contributed by atoms with van der Waals surface area (Å²) in [6.45, 7) is 1.84. The molecule has 2 N–H and O–H groups in total. The molecule has 3 rings (SSSR count). The first-order chi connectivity index (χ1) is 13.2. The number of nitrogens with one attached hydrogen (secondary N) is 1. The Bertz CT molecular complexity index is 1050. The van der Waals surface area contributed by atoms with Crippen LogP contribution in [0.15, 0.2) is 40.4 Å². The number of phenolic OH excluding ortho intramolecular Hbond substituents is 1. The maximum Gasteiger partial charge on any atom is 0.270 e. The fourth-order valence-electron chi connectivity index (χ4n) is 2.60. The summed E-state index contributed by atoms with van der Waals surface area (Å²) in [7, 11) is 1.40. The molecule has 0 saturated carbocycles. The smallest absolute Gasteiger partial charge is 0.270 e. The van der Waals surface area contributed by atoms with Crippen LogP contribution >= 0.6 is 39.7 Å². The normalized spacial score (nSPS) is 15.8. The SMILES string of the molecule is COc1cc(/C=C2\C(=O)NC(=S)N(c3ccc(C)c(Cl)c3)C2=O)c(Br)cc1O. The molecular formula is C19H14BrClN2O4S. The molecule has 144 valence electrons. The highest BCUT2D eigenvalue weighted by Gasteiger charge is 2.34. The highest BCUT2D eigenvalue weighted by atomic mass is 79.9. The molecule has 1 fully saturated rings. The Kier molecular flexibility index (Phi) is 5.74. The van der Waals surface area contributed by atoms with Gasteiger partial charge in [0.05, 0.1) is 12.8 Å². The summed E-state index contributed by atoms with van der Waals surface area (Å²) in [4.78, 5) is 26.7. The molecule has 0 aromatic heterocycles. The van der Waals surface area contributed by atoms with E-state index >= 15 is 0 Å². The molecule has 1 aliphatic rings. The molecule has 1 saturated heterocycles. The first kappa shape index (κ1) is 20.3. The fraction of sp³-hybridized carbons (Fsp3) is 0.105. The van der Waals surface area contributed by atoms with Crippen LogP contribution in [0.1, 0.15) is 11.1 Å². The van der Waals surface area contributed by atoms with Crippen LogP contribution in [0.5, 0.6) is 11.5 Å². The minimum atomic E-state index is -0.622. The molecule has 9 heteroatoms. The van der Waals surface area contributed by atoms with E-state index < -0.39 is 11.8 Å². The third kappa shape index (κ3) is 3.76. The van der Waals surface area contributed by atoms with Crippen molar-refractivity contribution in [2.75, 3.05) is 12.0 Å². The summed E-state index contributed by atoms with van der Waals surface area (Å²) in [5.41, 5.74) is 1.64. The number of ether oxygens (including phenoxy) is 1. The summed E-state index contributed by atoms with van der Waals surface area (Å²) < 4.78 is 5.57. The average molecular weight is 482 g/mol. The van der Waals surface area contributed by atoms with Crippen LogP contribution in [0.2, 0.25) is 5.02 Å². The van der Waals surface area contributed by atoms with E-state index in [1.165, 1.54) is 30.2 Å². The first-order valence-corrected chi connectivity index (χ1v) is 9.55. The number of benzene rings is 2. The second-order valence-corrected chi connectivity index (χ2v) is 7.59. The number of aryl methyl sites for hydroxylation is 1. The maximum absolute atomic E-state index is 13.1. The molecule has 0 spiro atoms. The zero-order valence-corrected chi connectivity index (χ0v) is 17.9. The number of carbonyl (C=O) groups excluding carboxylic acids is 2. The lowest BCUT2D eigenvalue weighted by atomic mass is 10.1. The van der Waals surface area contributed by atoms with E-state index in [4.69, 9.17) is 28.6 Å². The molecule has 0 bridgehead atoms. The van der Waals surface area contributed by atoms with Crippen LogP contribution in [0, 0.1) is 6.92 Å². The standard InChI is InChI=1S/C19H14BrClN2O4S/c1-9-3-4-11(7-14(9)21)23-18(26)12(17(25)22-19(23)28)5-10-6-16(27-2)15(24)8-13(10)20/h3-8,24H,1-2H3,(H,22,25,28)/b12-5+. The molecule has 0 aliphatic carbocycles. The number of methoxy groups -OCH3 is 1. The maximum atomic E-state index is 13.1. The van der Waals surface area contributed by atoms with Gasteiger partial charge in [-0.05, 0) is 60.6 Å². The first-order valence-electron chi connectivity index (χ1n) is 7.97. The Morgan fingerprint density at radius 2 is 2.00 bits per heavy atom. The van der Waals surface area contributed by atoms with Gasteiger partial charge < -0.3 is 9.84 Å². The summed E-state index contributed by atoms with van der Waals surface area (Å²) >= 11 is 14.7. The predicted octanol–water partition coefficient (Wildman–Crippen LogP) is 3.96. The number of hydrogen-bond donors (Lipinski definition) is 2. The second-order valence-electron chi connectivity index (χ2n) is 5.94. The number of halogens is 2. The number of thiocarbonyl (C=S) groups is 1. The number of amides is 2. The van der Waals surface area contributed by atoms with Gasteiger partial charge in [-0.15, -0.1) is 0 Å². The molecule has 6 nitrogen and oxygen atoms in total. The largest absolute Gasteiger partial charge is 0.504 e. The molecule has 0 atom stereocenters. The highest BCUT2D eigenvalue weighted by molar-refractivity contribution is 9.10. The number of carbonyl (C=O) groups is 2. The van der Waals surface area contributed by atoms with Crippen molar-refractivity contribution >= 4 is 68.4 Å². The van der Waals surface area contributed by atoms with Crippen LogP contribution in [0.25, 0.3) is 6.08 Å². The molecular weight excluding hydrogens is 468 g/mol. The Labute approximate surface area is 179 Å². The fourth-order valence-corrected chi connectivity index (χ4v) is 3.50. The van der Waals surface area contributed by atoms with E-state index in [2.05, 4.69) is 21.2 Å². The van der Waals surface area contributed by atoms with Gasteiger partial charge in [0, 0.05) is 9.50 Å². The summed E-state index contributed by atoms with van der Waals surface area (Å²) in [6.07, 6.45) is 1.40. The lowest BCUT2D eigenvalue weighted by molar-refractivity contribution is -0.122. The van der Waals surface area contributed by atoms with Crippen molar-refractivity contribution in [2.45, 2.75) is 6.92 Å². The van der Waals surface area contributed by atoms with Gasteiger partial charge in [-0.2, -0.15) is 0 Å². The summed E-state index contributed by atoms with van der Waals surface area (Å²) in [5, 5.41) is 12.8. The van der Waals surface area contributed by atoms with Crippen molar-refractivity contribution in [3.8, 4) is 11.5 Å². The van der Waals surface area contributed by atoms with Gasteiger partial charge in [0.1, 0.15) is 5.57 Å². The Morgan fingerprint density at radius 3 is 2.64 bits per heavy atom. The molecule has 1 aliphatic heterocycles. The van der Waals surface area contributed by atoms with Crippen molar-refractivity contribution in [1.29, 1.82) is 0 Å². The Morgan fingerprint density at radius 1 is 1.29 bits per heavy atom. The number of phenols is 1. The van der Waals surface area contributed by atoms with Crippen molar-refractivity contribution < 1.29 is 19.4 Å². The minimum absolute atomic E-state index is 0.0329. The topological polar surface area (TPSA) is 78.9 Å². The number of rotatable bonds is 3. The second kappa shape index (κ2) is 7.90. The van der Waals surface area contributed by atoms with Crippen molar-refractivity contribution in [1.82, 2.24) is 5.32 Å². The van der Waals surface area contributed by atoms with E-state index in [-0.39, 0.29) is 22.2 Å². The van der Waals surface area contributed by atoms with Crippen molar-refractivity contribution in [3.05, 3.63) is 56.5 Å². The van der Waals surface area contributed by atoms with Gasteiger partial charge in [0.15, 0.2) is 16.6 Å². The number of anilines is 1.